The summed E-state index contributed by atoms with van der Waals surface area (Å²) in [5.74, 6) is 0.939. The van der Waals surface area contributed by atoms with E-state index >= 15 is 0 Å². The molecule has 0 unspecified atom stereocenters. The molecule has 0 radical (unpaired) electrons. The van der Waals surface area contributed by atoms with E-state index < -0.39 is 0 Å². The van der Waals surface area contributed by atoms with Crippen LogP contribution in [0.2, 0.25) is 5.02 Å². The molecule has 1 aromatic carbocycles. The van der Waals surface area contributed by atoms with Gasteiger partial charge in [0.15, 0.2) is 12.5 Å². The Morgan fingerprint density at radius 1 is 1.42 bits per heavy atom. The third-order valence-electron chi connectivity index (χ3n) is 2.32. The van der Waals surface area contributed by atoms with Gasteiger partial charge in [-0.1, -0.05) is 11.6 Å². The van der Waals surface area contributed by atoms with Gasteiger partial charge in [-0.15, -0.1) is 0 Å². The molecule has 0 saturated heterocycles. The van der Waals surface area contributed by atoms with Crippen molar-refractivity contribution in [1.29, 1.82) is 0 Å². The Bertz CT molecular complexity index is 551. The zero-order valence-electron chi connectivity index (χ0n) is 10.4. The third kappa shape index (κ3) is 4.30. The Morgan fingerprint density at radius 2 is 2.16 bits per heavy atom. The highest BCUT2D eigenvalue weighted by molar-refractivity contribution is 6.30. The number of carbonyl (C=O) groups is 1. The maximum atomic E-state index is 11.5. The van der Waals surface area contributed by atoms with Crippen molar-refractivity contribution in [2.75, 3.05) is 6.61 Å². The van der Waals surface area contributed by atoms with Crippen molar-refractivity contribution in [3.8, 4) is 5.75 Å². The van der Waals surface area contributed by atoms with Crippen LogP contribution in [0.15, 0.2) is 34.9 Å². The summed E-state index contributed by atoms with van der Waals surface area (Å²) in [4.78, 5) is 15.6. The molecule has 2 aromatic rings. The highest BCUT2D eigenvalue weighted by atomic mass is 35.5. The predicted octanol–water partition coefficient (Wildman–Crippen LogP) is 2.33. The van der Waals surface area contributed by atoms with Crippen molar-refractivity contribution >= 4 is 17.5 Å². The zero-order chi connectivity index (χ0) is 13.7. The number of benzene rings is 1. The molecule has 0 bridgehead atoms. The normalized spacial score (nSPS) is 10.2. The average Bonchev–Trinajstić information content (AvgIpc) is 2.81. The molecule has 0 spiro atoms. The summed E-state index contributed by atoms with van der Waals surface area (Å²) < 4.78 is 10.3. The molecular formula is C13H13ClN2O3. The molecule has 0 fully saturated rings. The lowest BCUT2D eigenvalue weighted by atomic mass is 10.3. The highest BCUT2D eigenvalue weighted by Crippen LogP contribution is 2.15. The van der Waals surface area contributed by atoms with Crippen LogP contribution in [0.5, 0.6) is 5.75 Å². The number of rotatable bonds is 5. The number of ether oxygens (including phenoxy) is 1. The van der Waals surface area contributed by atoms with Crippen LogP contribution < -0.4 is 10.1 Å². The molecule has 6 heteroatoms. The molecule has 0 aliphatic heterocycles. The summed E-state index contributed by atoms with van der Waals surface area (Å²) in [5.41, 5.74) is 0.678. The van der Waals surface area contributed by atoms with Crippen molar-refractivity contribution in [2.24, 2.45) is 0 Å². The van der Waals surface area contributed by atoms with E-state index in [2.05, 4.69) is 10.3 Å². The quantitative estimate of drug-likeness (QED) is 0.913. The van der Waals surface area contributed by atoms with Gasteiger partial charge in [0.1, 0.15) is 12.0 Å². The van der Waals surface area contributed by atoms with Crippen molar-refractivity contribution in [1.82, 2.24) is 10.3 Å². The fourth-order valence-corrected chi connectivity index (χ4v) is 1.54. The van der Waals surface area contributed by atoms with Gasteiger partial charge in [0.05, 0.1) is 12.2 Å². The van der Waals surface area contributed by atoms with Crippen molar-refractivity contribution in [3.05, 3.63) is 47.1 Å². The monoisotopic (exact) mass is 280 g/mol. The first-order chi connectivity index (χ1) is 9.13. The Kier molecular flexibility index (Phi) is 4.41. The largest absolute Gasteiger partial charge is 0.484 e. The lowest BCUT2D eigenvalue weighted by Crippen LogP contribution is -2.28. The van der Waals surface area contributed by atoms with Gasteiger partial charge in [-0.3, -0.25) is 4.79 Å². The van der Waals surface area contributed by atoms with Crippen LogP contribution in [-0.2, 0) is 11.3 Å². The number of amides is 1. The van der Waals surface area contributed by atoms with E-state index in [9.17, 15) is 4.79 Å². The minimum atomic E-state index is -0.226. The summed E-state index contributed by atoms with van der Waals surface area (Å²) >= 11 is 5.74. The standard InChI is InChI=1S/C13H13ClN2O3/c1-9-16-11(7-18-9)6-15-13(17)8-19-12-4-2-10(14)3-5-12/h2-5,7H,6,8H2,1H3,(H,15,17). The van der Waals surface area contributed by atoms with Crippen LogP contribution >= 0.6 is 11.6 Å². The Labute approximate surface area is 115 Å². The number of hydrogen-bond donors (Lipinski definition) is 1. The van der Waals surface area contributed by atoms with E-state index in [4.69, 9.17) is 20.8 Å². The predicted molar refractivity (Wildman–Crippen MR) is 70.0 cm³/mol. The molecular weight excluding hydrogens is 268 g/mol. The molecule has 5 nitrogen and oxygen atoms in total. The fourth-order valence-electron chi connectivity index (χ4n) is 1.41. The lowest BCUT2D eigenvalue weighted by molar-refractivity contribution is -0.123. The van der Waals surface area contributed by atoms with Gasteiger partial charge in [-0.05, 0) is 24.3 Å². The second-order valence-electron chi connectivity index (χ2n) is 3.88. The van der Waals surface area contributed by atoms with Gasteiger partial charge >= 0.3 is 0 Å². The number of halogens is 1. The van der Waals surface area contributed by atoms with Gasteiger partial charge in [0.25, 0.3) is 5.91 Å². The number of nitrogens with one attached hydrogen (secondary N) is 1. The van der Waals surface area contributed by atoms with Gasteiger partial charge < -0.3 is 14.5 Å². The Morgan fingerprint density at radius 3 is 2.79 bits per heavy atom. The smallest absolute Gasteiger partial charge is 0.258 e. The maximum Gasteiger partial charge on any atom is 0.258 e. The molecule has 1 amide bonds. The number of hydrogen-bond acceptors (Lipinski definition) is 4. The van der Waals surface area contributed by atoms with Crippen LogP contribution in [0.1, 0.15) is 11.6 Å². The lowest BCUT2D eigenvalue weighted by Gasteiger charge is -2.06. The van der Waals surface area contributed by atoms with E-state index in [1.165, 1.54) is 6.26 Å². The van der Waals surface area contributed by atoms with Gasteiger partial charge in [0.2, 0.25) is 0 Å². The zero-order valence-corrected chi connectivity index (χ0v) is 11.1. The van der Waals surface area contributed by atoms with Gasteiger partial charge in [-0.2, -0.15) is 0 Å². The summed E-state index contributed by atoms with van der Waals surface area (Å²) in [6.45, 7) is 2.01. The number of aryl methyl sites for hydroxylation is 1. The van der Waals surface area contributed by atoms with Crippen LogP contribution in [0.3, 0.4) is 0 Å². The summed E-state index contributed by atoms with van der Waals surface area (Å²) in [6, 6.07) is 6.81. The fraction of sp³-hybridized carbons (Fsp3) is 0.231. The molecule has 1 N–H and O–H groups in total. The molecule has 0 aliphatic carbocycles. The van der Waals surface area contributed by atoms with Crippen molar-refractivity contribution in [3.63, 3.8) is 0 Å². The summed E-state index contributed by atoms with van der Waals surface area (Å²) in [5, 5.41) is 3.30. The van der Waals surface area contributed by atoms with Gasteiger partial charge in [-0.25, -0.2) is 4.98 Å². The number of carbonyl (C=O) groups excluding carboxylic acids is 1. The van der Waals surface area contributed by atoms with E-state index in [1.54, 1.807) is 31.2 Å². The van der Waals surface area contributed by atoms with Crippen molar-refractivity contribution < 1.29 is 13.9 Å². The second-order valence-corrected chi connectivity index (χ2v) is 4.31. The molecule has 100 valence electrons. The van der Waals surface area contributed by atoms with Crippen LogP contribution in [0.4, 0.5) is 0 Å². The van der Waals surface area contributed by atoms with E-state index in [1.807, 2.05) is 0 Å². The molecule has 1 aromatic heterocycles. The summed E-state index contributed by atoms with van der Waals surface area (Å²) in [6.07, 6.45) is 1.51. The SMILES string of the molecule is Cc1nc(CNC(=O)COc2ccc(Cl)cc2)co1. The van der Waals surface area contributed by atoms with E-state index in [0.29, 0.717) is 28.9 Å². The van der Waals surface area contributed by atoms with E-state index in [-0.39, 0.29) is 12.5 Å². The second kappa shape index (κ2) is 6.24. The number of oxazole rings is 1. The van der Waals surface area contributed by atoms with Gasteiger partial charge in [0, 0.05) is 11.9 Å². The number of aromatic nitrogens is 1. The first-order valence-corrected chi connectivity index (χ1v) is 6.07. The first kappa shape index (κ1) is 13.4. The molecule has 0 saturated carbocycles. The first-order valence-electron chi connectivity index (χ1n) is 5.69. The van der Waals surface area contributed by atoms with Crippen LogP contribution in [0, 0.1) is 6.92 Å². The maximum absolute atomic E-state index is 11.5. The molecule has 1 heterocycles. The molecule has 19 heavy (non-hydrogen) atoms. The highest BCUT2D eigenvalue weighted by Gasteiger charge is 2.05. The minimum Gasteiger partial charge on any atom is -0.484 e. The Balaban J connectivity index is 1.74. The van der Waals surface area contributed by atoms with Crippen molar-refractivity contribution in [2.45, 2.75) is 13.5 Å². The molecule has 0 atom stereocenters. The molecule has 2 rings (SSSR count). The average molecular weight is 281 g/mol. The van der Waals surface area contributed by atoms with Crippen LogP contribution in [0.25, 0.3) is 0 Å². The Hall–Kier alpha value is -2.01. The topological polar surface area (TPSA) is 64.4 Å². The third-order valence-corrected chi connectivity index (χ3v) is 2.57. The van der Waals surface area contributed by atoms with Crippen LogP contribution in [-0.4, -0.2) is 17.5 Å². The minimum absolute atomic E-state index is 0.0571. The van der Waals surface area contributed by atoms with E-state index in [0.717, 1.165) is 0 Å². The number of nitrogens with zero attached hydrogens (tertiary/aromatic N) is 1. The molecule has 0 aliphatic rings. The summed E-state index contributed by atoms with van der Waals surface area (Å²) in [7, 11) is 0.